The number of rotatable bonds is 5. The Bertz CT molecular complexity index is 236. The number of hydrogen-bond acceptors (Lipinski definition) is 2. The van der Waals surface area contributed by atoms with Crippen molar-refractivity contribution in [2.24, 2.45) is 11.8 Å². The average Bonchev–Trinajstić information content (AvgIpc) is 2.98. The van der Waals surface area contributed by atoms with Gasteiger partial charge in [-0.25, -0.2) is 0 Å². The molecule has 2 fully saturated rings. The molecule has 2 rings (SSSR count). The van der Waals surface area contributed by atoms with Crippen molar-refractivity contribution < 1.29 is 4.79 Å². The van der Waals surface area contributed by atoms with Crippen LogP contribution in [0.1, 0.15) is 45.4 Å². The summed E-state index contributed by atoms with van der Waals surface area (Å²) in [5, 5.41) is 6.51. The first kappa shape index (κ1) is 11.9. The van der Waals surface area contributed by atoms with Crippen molar-refractivity contribution >= 4 is 5.91 Å². The topological polar surface area (TPSA) is 41.1 Å². The highest BCUT2D eigenvalue weighted by atomic mass is 16.1. The van der Waals surface area contributed by atoms with Gasteiger partial charge in [-0.1, -0.05) is 13.3 Å². The predicted octanol–water partition coefficient (Wildman–Crippen LogP) is 1.68. The Hall–Kier alpha value is -0.570. The zero-order chi connectivity index (χ0) is 11.4. The molecule has 0 radical (unpaired) electrons. The van der Waals surface area contributed by atoms with Gasteiger partial charge in [-0.2, -0.15) is 0 Å². The van der Waals surface area contributed by atoms with Gasteiger partial charge in [-0.15, -0.1) is 0 Å². The lowest BCUT2D eigenvalue weighted by Gasteiger charge is -2.21. The summed E-state index contributed by atoms with van der Waals surface area (Å²) < 4.78 is 0. The SMILES string of the molecule is CCCC1CC1NC(=O)CC1CCNCC1. The molecule has 2 atom stereocenters. The molecule has 0 aromatic rings. The van der Waals surface area contributed by atoms with Gasteiger partial charge in [-0.3, -0.25) is 4.79 Å². The molecule has 3 nitrogen and oxygen atoms in total. The number of carbonyl (C=O) groups excluding carboxylic acids is 1. The predicted molar refractivity (Wildman–Crippen MR) is 65.2 cm³/mol. The van der Waals surface area contributed by atoms with Gasteiger partial charge in [-0.05, 0) is 50.6 Å². The summed E-state index contributed by atoms with van der Waals surface area (Å²) in [4.78, 5) is 11.8. The van der Waals surface area contributed by atoms with Crippen LogP contribution in [0.15, 0.2) is 0 Å². The molecule has 1 heterocycles. The van der Waals surface area contributed by atoms with E-state index in [2.05, 4.69) is 17.6 Å². The van der Waals surface area contributed by atoms with Crippen molar-refractivity contribution in [3.8, 4) is 0 Å². The normalized spacial score (nSPS) is 30.1. The average molecular weight is 224 g/mol. The third-order valence-corrected chi connectivity index (χ3v) is 3.86. The Balaban J connectivity index is 1.61. The van der Waals surface area contributed by atoms with Crippen molar-refractivity contribution in [3.63, 3.8) is 0 Å². The summed E-state index contributed by atoms with van der Waals surface area (Å²) in [5.74, 6) is 1.68. The van der Waals surface area contributed by atoms with Gasteiger partial charge in [0.2, 0.25) is 5.91 Å². The second-order valence-electron chi connectivity index (χ2n) is 5.36. The van der Waals surface area contributed by atoms with E-state index < -0.39 is 0 Å². The minimum absolute atomic E-state index is 0.288. The van der Waals surface area contributed by atoms with Crippen LogP contribution in [0.5, 0.6) is 0 Å². The number of amides is 1. The molecule has 0 aromatic heterocycles. The molecule has 1 aliphatic heterocycles. The molecule has 1 saturated carbocycles. The molecule has 0 bridgehead atoms. The van der Waals surface area contributed by atoms with Gasteiger partial charge < -0.3 is 10.6 Å². The van der Waals surface area contributed by atoms with Gasteiger partial charge in [0, 0.05) is 12.5 Å². The van der Waals surface area contributed by atoms with Crippen molar-refractivity contribution in [3.05, 3.63) is 0 Å². The van der Waals surface area contributed by atoms with Crippen LogP contribution in [-0.4, -0.2) is 25.0 Å². The Morgan fingerprint density at radius 3 is 2.81 bits per heavy atom. The van der Waals surface area contributed by atoms with Gasteiger partial charge in [0.25, 0.3) is 0 Å². The molecule has 2 aliphatic rings. The number of carbonyl (C=O) groups is 1. The van der Waals surface area contributed by atoms with Crippen LogP contribution in [0.25, 0.3) is 0 Å². The maximum atomic E-state index is 11.8. The zero-order valence-corrected chi connectivity index (χ0v) is 10.3. The molecular weight excluding hydrogens is 200 g/mol. The second-order valence-corrected chi connectivity index (χ2v) is 5.36. The van der Waals surface area contributed by atoms with Gasteiger partial charge in [0.15, 0.2) is 0 Å². The fraction of sp³-hybridized carbons (Fsp3) is 0.923. The van der Waals surface area contributed by atoms with E-state index in [1.807, 2.05) is 0 Å². The molecule has 0 aromatic carbocycles. The van der Waals surface area contributed by atoms with Crippen molar-refractivity contribution in [1.82, 2.24) is 10.6 Å². The Morgan fingerprint density at radius 2 is 2.12 bits per heavy atom. The summed E-state index contributed by atoms with van der Waals surface area (Å²) in [6, 6.07) is 0.508. The van der Waals surface area contributed by atoms with E-state index in [0.717, 1.165) is 38.3 Å². The molecule has 16 heavy (non-hydrogen) atoms. The van der Waals surface area contributed by atoms with Gasteiger partial charge in [0.1, 0.15) is 0 Å². The number of nitrogens with one attached hydrogen (secondary N) is 2. The maximum Gasteiger partial charge on any atom is 0.220 e. The number of hydrogen-bond donors (Lipinski definition) is 2. The fourth-order valence-corrected chi connectivity index (χ4v) is 2.73. The summed E-state index contributed by atoms with van der Waals surface area (Å²) in [5.41, 5.74) is 0. The summed E-state index contributed by atoms with van der Waals surface area (Å²) in [6.45, 7) is 4.38. The van der Waals surface area contributed by atoms with Crippen LogP contribution in [0, 0.1) is 11.8 Å². The van der Waals surface area contributed by atoms with Crippen molar-refractivity contribution in [1.29, 1.82) is 0 Å². The van der Waals surface area contributed by atoms with Crippen LogP contribution < -0.4 is 10.6 Å². The molecule has 1 saturated heterocycles. The minimum Gasteiger partial charge on any atom is -0.353 e. The first-order valence-electron chi connectivity index (χ1n) is 6.79. The van der Waals surface area contributed by atoms with E-state index in [0.29, 0.717) is 12.0 Å². The highest BCUT2D eigenvalue weighted by molar-refractivity contribution is 5.76. The Kier molecular flexibility index (Phi) is 4.22. The first-order valence-corrected chi connectivity index (χ1v) is 6.79. The van der Waals surface area contributed by atoms with Crippen LogP contribution in [0.4, 0.5) is 0 Å². The Labute approximate surface area is 98.4 Å². The highest BCUT2D eigenvalue weighted by Crippen LogP contribution is 2.34. The quantitative estimate of drug-likeness (QED) is 0.746. The van der Waals surface area contributed by atoms with Crippen LogP contribution in [-0.2, 0) is 4.79 Å². The minimum atomic E-state index is 0.288. The summed E-state index contributed by atoms with van der Waals surface area (Å²) >= 11 is 0. The van der Waals surface area contributed by atoms with E-state index in [4.69, 9.17) is 0 Å². The molecule has 0 spiro atoms. The zero-order valence-electron chi connectivity index (χ0n) is 10.3. The third-order valence-electron chi connectivity index (χ3n) is 3.86. The van der Waals surface area contributed by atoms with E-state index in [-0.39, 0.29) is 5.91 Å². The smallest absolute Gasteiger partial charge is 0.220 e. The lowest BCUT2D eigenvalue weighted by molar-refractivity contribution is -0.122. The Morgan fingerprint density at radius 1 is 1.38 bits per heavy atom. The van der Waals surface area contributed by atoms with E-state index in [1.54, 1.807) is 0 Å². The van der Waals surface area contributed by atoms with E-state index in [1.165, 1.54) is 19.3 Å². The third kappa shape index (κ3) is 3.48. The molecule has 2 unspecified atom stereocenters. The molecule has 1 aliphatic carbocycles. The van der Waals surface area contributed by atoms with Gasteiger partial charge >= 0.3 is 0 Å². The van der Waals surface area contributed by atoms with Crippen LogP contribution in [0.2, 0.25) is 0 Å². The molecule has 3 heteroatoms. The van der Waals surface area contributed by atoms with Crippen LogP contribution in [0.3, 0.4) is 0 Å². The molecule has 2 N–H and O–H groups in total. The molecule has 92 valence electrons. The van der Waals surface area contributed by atoms with E-state index in [9.17, 15) is 4.79 Å². The monoisotopic (exact) mass is 224 g/mol. The highest BCUT2D eigenvalue weighted by Gasteiger charge is 2.37. The summed E-state index contributed by atoms with van der Waals surface area (Å²) in [7, 11) is 0. The molecule has 1 amide bonds. The van der Waals surface area contributed by atoms with Crippen molar-refractivity contribution in [2.75, 3.05) is 13.1 Å². The molecular formula is C13H24N2O. The summed E-state index contributed by atoms with van der Waals surface area (Å²) in [6.07, 6.45) is 6.80. The maximum absolute atomic E-state index is 11.8. The van der Waals surface area contributed by atoms with Gasteiger partial charge in [0.05, 0.1) is 0 Å². The lowest BCUT2D eigenvalue weighted by Crippen LogP contribution is -2.33. The largest absolute Gasteiger partial charge is 0.353 e. The fourth-order valence-electron chi connectivity index (χ4n) is 2.73. The van der Waals surface area contributed by atoms with E-state index >= 15 is 0 Å². The lowest BCUT2D eigenvalue weighted by atomic mass is 9.94. The van der Waals surface area contributed by atoms with Crippen LogP contribution >= 0.6 is 0 Å². The standard InChI is InChI=1S/C13H24N2O/c1-2-3-11-9-12(11)15-13(16)8-10-4-6-14-7-5-10/h10-12,14H,2-9H2,1H3,(H,15,16). The second kappa shape index (κ2) is 5.67. The first-order chi connectivity index (χ1) is 7.79. The number of piperidine rings is 1. The van der Waals surface area contributed by atoms with Crippen molar-refractivity contribution in [2.45, 2.75) is 51.5 Å².